The number of nitrogens with zero attached hydrogens (tertiary/aromatic N) is 1. The molecule has 2 aromatic rings. The molecular weight excluding hydrogens is 308 g/mol. The van der Waals surface area contributed by atoms with Crippen LogP contribution in [0.5, 0.6) is 0 Å². The maximum absolute atomic E-state index is 12.3. The third kappa shape index (κ3) is 4.63. The third-order valence-electron chi connectivity index (χ3n) is 2.93. The first-order chi connectivity index (χ1) is 10.1. The van der Waals surface area contributed by atoms with Crippen LogP contribution < -0.4 is 10.0 Å². The highest BCUT2D eigenvalue weighted by molar-refractivity contribution is 7.89. The fraction of sp³-hybridized carbons (Fsp3) is 0.462. The van der Waals surface area contributed by atoms with Crippen LogP contribution in [0.3, 0.4) is 0 Å². The summed E-state index contributed by atoms with van der Waals surface area (Å²) in [5, 5.41) is 11.7. The van der Waals surface area contributed by atoms with Gasteiger partial charge < -0.3 is 5.32 Å². The van der Waals surface area contributed by atoms with E-state index >= 15 is 0 Å². The molecule has 8 heteroatoms. The molecule has 0 spiro atoms. The smallest absolute Gasteiger partial charge is 0.257 e. The van der Waals surface area contributed by atoms with Crippen LogP contribution in [0.4, 0.5) is 0 Å². The van der Waals surface area contributed by atoms with Gasteiger partial charge in [-0.1, -0.05) is 13.0 Å². The summed E-state index contributed by atoms with van der Waals surface area (Å²) in [6, 6.07) is 3.95. The molecule has 6 nitrogen and oxygen atoms in total. The molecule has 21 heavy (non-hydrogen) atoms. The molecule has 3 N–H and O–H groups in total. The average Bonchev–Trinajstić information content (AvgIpc) is 3.10. The second-order valence-electron chi connectivity index (χ2n) is 4.63. The monoisotopic (exact) mass is 328 g/mol. The van der Waals surface area contributed by atoms with Crippen LogP contribution in [0.25, 0.3) is 0 Å². The van der Waals surface area contributed by atoms with Crippen molar-refractivity contribution in [1.29, 1.82) is 0 Å². The van der Waals surface area contributed by atoms with Crippen LogP contribution in [0, 0.1) is 0 Å². The van der Waals surface area contributed by atoms with Gasteiger partial charge in [0.2, 0.25) is 0 Å². The molecule has 0 aliphatic rings. The van der Waals surface area contributed by atoms with Gasteiger partial charge in [-0.15, -0.1) is 11.3 Å². The lowest BCUT2D eigenvalue weighted by atomic mass is 10.3. The Morgan fingerprint density at radius 1 is 1.38 bits per heavy atom. The Morgan fingerprint density at radius 2 is 2.24 bits per heavy atom. The Bertz CT molecular complexity index is 635. The van der Waals surface area contributed by atoms with Gasteiger partial charge in [0.25, 0.3) is 10.0 Å². The average molecular weight is 328 g/mol. The third-order valence-corrected chi connectivity index (χ3v) is 5.34. The molecule has 0 saturated carbocycles. The molecule has 0 radical (unpaired) electrons. The predicted octanol–water partition coefficient (Wildman–Crippen LogP) is 1.49. The summed E-state index contributed by atoms with van der Waals surface area (Å²) in [7, 11) is -3.54. The Labute approximate surface area is 129 Å². The molecule has 0 saturated heterocycles. The van der Waals surface area contributed by atoms with Gasteiger partial charge >= 0.3 is 0 Å². The molecule has 2 rings (SSSR count). The van der Waals surface area contributed by atoms with Crippen molar-refractivity contribution in [3.05, 3.63) is 34.2 Å². The van der Waals surface area contributed by atoms with Crippen molar-refractivity contribution < 1.29 is 8.42 Å². The highest BCUT2D eigenvalue weighted by atomic mass is 32.2. The molecule has 0 atom stereocenters. The number of sulfonamides is 1. The number of rotatable bonds is 9. The summed E-state index contributed by atoms with van der Waals surface area (Å²) in [5.74, 6) is 0. The maximum atomic E-state index is 12.3. The van der Waals surface area contributed by atoms with Crippen LogP contribution in [-0.2, 0) is 23.0 Å². The number of thiophene rings is 1. The fourth-order valence-corrected chi connectivity index (χ4v) is 3.76. The molecule has 2 aromatic heterocycles. The molecule has 0 aromatic carbocycles. The van der Waals surface area contributed by atoms with Crippen molar-refractivity contribution in [3.8, 4) is 0 Å². The van der Waals surface area contributed by atoms with E-state index in [4.69, 9.17) is 0 Å². The fourth-order valence-electron chi connectivity index (χ4n) is 1.89. The summed E-state index contributed by atoms with van der Waals surface area (Å²) in [6.45, 7) is 3.78. The Hall–Kier alpha value is -1.22. The normalized spacial score (nSPS) is 11.9. The van der Waals surface area contributed by atoms with Crippen LogP contribution in [0.1, 0.15) is 23.8 Å². The number of hydrogen-bond donors (Lipinski definition) is 3. The second kappa shape index (κ2) is 7.69. The van der Waals surface area contributed by atoms with Crippen LogP contribution in [0.2, 0.25) is 0 Å². The van der Waals surface area contributed by atoms with Gasteiger partial charge in [-0.25, -0.2) is 13.1 Å². The Balaban J connectivity index is 1.94. The van der Waals surface area contributed by atoms with Gasteiger partial charge in [-0.3, -0.25) is 5.10 Å². The van der Waals surface area contributed by atoms with E-state index in [-0.39, 0.29) is 5.03 Å². The van der Waals surface area contributed by atoms with E-state index in [0.29, 0.717) is 25.1 Å². The summed E-state index contributed by atoms with van der Waals surface area (Å²) in [6.07, 6.45) is 3.24. The number of H-pyrrole nitrogens is 1. The van der Waals surface area contributed by atoms with E-state index in [1.165, 1.54) is 0 Å². The van der Waals surface area contributed by atoms with Gasteiger partial charge in [0.1, 0.15) is 0 Å². The zero-order valence-electron chi connectivity index (χ0n) is 11.9. The minimum absolute atomic E-state index is 0.150. The maximum Gasteiger partial charge on any atom is 0.257 e. The van der Waals surface area contributed by atoms with Crippen molar-refractivity contribution >= 4 is 21.4 Å². The van der Waals surface area contributed by atoms with Crippen molar-refractivity contribution in [3.63, 3.8) is 0 Å². The molecule has 0 fully saturated rings. The second-order valence-corrected chi connectivity index (χ2v) is 7.36. The molecule has 116 valence electrons. The van der Waals surface area contributed by atoms with Crippen LogP contribution in [-0.4, -0.2) is 31.7 Å². The predicted molar refractivity (Wildman–Crippen MR) is 83.8 cm³/mol. The molecule has 2 heterocycles. The quantitative estimate of drug-likeness (QED) is 0.609. The van der Waals surface area contributed by atoms with Gasteiger partial charge in [0, 0.05) is 23.5 Å². The van der Waals surface area contributed by atoms with E-state index < -0.39 is 10.0 Å². The topological polar surface area (TPSA) is 86.9 Å². The van der Waals surface area contributed by atoms with E-state index in [0.717, 1.165) is 17.8 Å². The van der Waals surface area contributed by atoms with Gasteiger partial charge in [0.05, 0.1) is 6.20 Å². The molecule has 0 aliphatic heterocycles. The lowest BCUT2D eigenvalue weighted by Gasteiger charge is -2.07. The number of nitrogens with one attached hydrogen (secondary N) is 3. The highest BCUT2D eigenvalue weighted by Gasteiger charge is 2.20. The minimum atomic E-state index is -3.54. The zero-order chi connectivity index (χ0) is 15.1. The molecule has 0 amide bonds. The molecule has 0 aliphatic carbocycles. The Kier molecular flexibility index (Phi) is 5.92. The number of hydrogen-bond acceptors (Lipinski definition) is 5. The van der Waals surface area contributed by atoms with Crippen molar-refractivity contribution in [2.45, 2.75) is 31.3 Å². The lowest BCUT2D eigenvalue weighted by molar-refractivity contribution is 0.574. The standard InChI is InChI=1S/C13H20N4O2S2/c1-2-6-14-9-11-10-15-17-13(11)21(18,19)16-7-5-12-4-3-8-20-12/h3-4,8,10,14,16H,2,5-7,9H2,1H3,(H,15,17). The van der Waals surface area contributed by atoms with Gasteiger partial charge in [0.15, 0.2) is 5.03 Å². The lowest BCUT2D eigenvalue weighted by Crippen LogP contribution is -2.27. The largest absolute Gasteiger partial charge is 0.313 e. The molecule has 0 unspecified atom stereocenters. The van der Waals surface area contributed by atoms with Crippen molar-refractivity contribution in [1.82, 2.24) is 20.2 Å². The zero-order valence-corrected chi connectivity index (χ0v) is 13.6. The van der Waals surface area contributed by atoms with Gasteiger partial charge in [-0.2, -0.15) is 5.10 Å². The van der Waals surface area contributed by atoms with Crippen LogP contribution in [0.15, 0.2) is 28.7 Å². The summed E-state index contributed by atoms with van der Waals surface area (Å²) < 4.78 is 27.1. The van der Waals surface area contributed by atoms with Crippen molar-refractivity contribution in [2.24, 2.45) is 0 Å². The number of aromatic amines is 1. The first-order valence-corrected chi connectivity index (χ1v) is 9.24. The molecule has 0 bridgehead atoms. The first kappa shape index (κ1) is 16.2. The van der Waals surface area contributed by atoms with E-state index in [1.54, 1.807) is 17.5 Å². The summed E-state index contributed by atoms with van der Waals surface area (Å²) in [4.78, 5) is 1.16. The SMILES string of the molecule is CCCNCc1cn[nH]c1S(=O)(=O)NCCc1cccs1. The number of aromatic nitrogens is 2. The van der Waals surface area contributed by atoms with Gasteiger partial charge in [-0.05, 0) is 30.8 Å². The Morgan fingerprint density at radius 3 is 2.95 bits per heavy atom. The minimum Gasteiger partial charge on any atom is -0.313 e. The summed E-state index contributed by atoms with van der Waals surface area (Å²) in [5.41, 5.74) is 0.659. The van der Waals surface area contributed by atoms with Crippen molar-refractivity contribution in [2.75, 3.05) is 13.1 Å². The first-order valence-electron chi connectivity index (χ1n) is 6.88. The van der Waals surface area contributed by atoms with E-state index in [9.17, 15) is 8.42 Å². The summed E-state index contributed by atoms with van der Waals surface area (Å²) >= 11 is 1.62. The highest BCUT2D eigenvalue weighted by Crippen LogP contribution is 2.12. The van der Waals surface area contributed by atoms with E-state index in [2.05, 4.69) is 27.2 Å². The van der Waals surface area contributed by atoms with E-state index in [1.807, 2.05) is 17.5 Å². The van der Waals surface area contributed by atoms with Crippen LogP contribution >= 0.6 is 11.3 Å². The molecular formula is C13H20N4O2S2.